The van der Waals surface area contributed by atoms with Gasteiger partial charge in [-0.05, 0) is 57.8 Å². The summed E-state index contributed by atoms with van der Waals surface area (Å²) in [6.45, 7) is 24.1. The summed E-state index contributed by atoms with van der Waals surface area (Å²) in [5.41, 5.74) is 0.875. The lowest BCUT2D eigenvalue weighted by Gasteiger charge is -2.12. The molecule has 1 saturated carbocycles. The molecule has 228 valence electrons. The highest BCUT2D eigenvalue weighted by atomic mass is 16.5. The molecule has 5 nitrogen and oxygen atoms in total. The molecule has 0 radical (unpaired) electrons. The lowest BCUT2D eigenvalue weighted by molar-refractivity contribution is 0.0772. The quantitative estimate of drug-likeness (QED) is 0.251. The third-order valence-corrected chi connectivity index (χ3v) is 5.57. The predicted molar refractivity (Wildman–Crippen MR) is 164 cm³/mol. The highest BCUT2D eigenvalue weighted by molar-refractivity contribution is 4.93. The molecule has 0 aromatic rings. The number of rotatable bonds is 11. The Kier molecular flexibility index (Phi) is 53.3. The molecule has 0 aromatic carbocycles. The zero-order valence-corrected chi connectivity index (χ0v) is 27.1. The second kappa shape index (κ2) is 39.3. The maximum atomic E-state index is 5.20. The molecule has 1 rings (SSSR count). The van der Waals surface area contributed by atoms with Gasteiger partial charge in [0.1, 0.15) is 0 Å². The number of methoxy groups -OCH3 is 5. The summed E-state index contributed by atoms with van der Waals surface area (Å²) in [5.74, 6) is 0. The molecule has 36 heavy (non-hydrogen) atoms. The van der Waals surface area contributed by atoms with Gasteiger partial charge in [0.05, 0.1) is 11.7 Å². The molecule has 1 fully saturated rings. The molecule has 1 unspecified atom stereocenters. The number of unbranched alkanes of at least 4 members (excludes halogenated alkanes) is 2. The van der Waals surface area contributed by atoms with Crippen LogP contribution in [-0.2, 0) is 23.7 Å². The van der Waals surface area contributed by atoms with Gasteiger partial charge in [-0.2, -0.15) is 0 Å². The van der Waals surface area contributed by atoms with Gasteiger partial charge < -0.3 is 23.7 Å². The van der Waals surface area contributed by atoms with Gasteiger partial charge in [-0.1, -0.05) is 82.1 Å². The molecule has 0 heterocycles. The summed E-state index contributed by atoms with van der Waals surface area (Å²) >= 11 is 0. The Morgan fingerprint density at radius 3 is 1.25 bits per heavy atom. The van der Waals surface area contributed by atoms with Crippen molar-refractivity contribution >= 4 is 0 Å². The Hall–Kier alpha value is -0.200. The lowest BCUT2D eigenvalue weighted by atomic mass is 9.94. The first-order valence-electron chi connectivity index (χ1n) is 14.0. The second-order valence-corrected chi connectivity index (χ2v) is 9.88. The van der Waals surface area contributed by atoms with Gasteiger partial charge in [-0.3, -0.25) is 0 Å². The Balaban J connectivity index is -0.0000000753. The van der Waals surface area contributed by atoms with Gasteiger partial charge in [0.25, 0.3) is 0 Å². The average molecular weight is 527 g/mol. The van der Waals surface area contributed by atoms with Crippen LogP contribution in [0.1, 0.15) is 134 Å². The predicted octanol–water partition coefficient (Wildman–Crippen LogP) is 9.60. The molecule has 0 bridgehead atoms. The molecule has 1 atom stereocenters. The van der Waals surface area contributed by atoms with Crippen LogP contribution in [0.2, 0.25) is 0 Å². The van der Waals surface area contributed by atoms with Gasteiger partial charge in [0, 0.05) is 55.4 Å². The highest BCUT2D eigenvalue weighted by Gasteiger charge is 2.40. The fraction of sp³-hybridized carbons (Fsp3) is 1.00. The largest absolute Gasteiger partial charge is 0.385 e. The first kappa shape index (κ1) is 48.8. The van der Waals surface area contributed by atoms with Crippen molar-refractivity contribution in [3.05, 3.63) is 0 Å². The van der Waals surface area contributed by atoms with E-state index in [4.69, 9.17) is 18.9 Å². The molecule has 0 aromatic heterocycles. The van der Waals surface area contributed by atoms with Gasteiger partial charge in [0.15, 0.2) is 0 Å². The van der Waals surface area contributed by atoms with Gasteiger partial charge in [-0.25, -0.2) is 0 Å². The Morgan fingerprint density at radius 2 is 1.17 bits per heavy atom. The van der Waals surface area contributed by atoms with E-state index in [2.05, 4.69) is 67.1 Å². The molecule has 0 amide bonds. The molecular formula is C31H74O5. The van der Waals surface area contributed by atoms with Crippen LogP contribution in [0.15, 0.2) is 0 Å². The summed E-state index contributed by atoms with van der Waals surface area (Å²) in [7, 11) is 8.67. The Labute approximate surface area is 230 Å². The van der Waals surface area contributed by atoms with E-state index in [-0.39, 0.29) is 7.43 Å². The lowest BCUT2D eigenvalue weighted by Crippen LogP contribution is -2.07. The van der Waals surface area contributed by atoms with E-state index in [1.54, 1.807) is 35.5 Å². The molecule has 0 N–H and O–H groups in total. The normalized spacial score (nSPS) is 13.1. The van der Waals surface area contributed by atoms with Crippen LogP contribution in [0, 0.1) is 5.41 Å². The number of hydrogen-bond donors (Lipinski definition) is 0. The zero-order chi connectivity index (χ0) is 28.6. The van der Waals surface area contributed by atoms with Crippen molar-refractivity contribution in [3.63, 3.8) is 0 Å². The van der Waals surface area contributed by atoms with E-state index in [9.17, 15) is 0 Å². The van der Waals surface area contributed by atoms with Crippen LogP contribution in [0.3, 0.4) is 0 Å². The van der Waals surface area contributed by atoms with E-state index in [1.807, 2.05) is 6.92 Å². The van der Waals surface area contributed by atoms with Crippen molar-refractivity contribution in [1.82, 2.24) is 0 Å². The fourth-order valence-corrected chi connectivity index (χ4v) is 1.71. The SMILES string of the molecule is C.CCC(C)(C)C.CCC(C)OC.CCC1(OC)CC1.CCCCCOC.CCCOC.CCOC. The molecule has 1 aliphatic rings. The van der Waals surface area contributed by atoms with Crippen molar-refractivity contribution < 1.29 is 23.7 Å². The maximum absolute atomic E-state index is 5.20. The topological polar surface area (TPSA) is 46.2 Å². The average Bonchev–Trinajstić information content (AvgIpc) is 3.66. The van der Waals surface area contributed by atoms with Crippen LogP contribution in [-0.4, -0.2) is 67.1 Å². The van der Waals surface area contributed by atoms with Crippen molar-refractivity contribution in [2.24, 2.45) is 5.41 Å². The monoisotopic (exact) mass is 527 g/mol. The minimum atomic E-state index is 0. The van der Waals surface area contributed by atoms with E-state index in [0.717, 1.165) is 32.7 Å². The van der Waals surface area contributed by atoms with E-state index >= 15 is 0 Å². The second-order valence-electron chi connectivity index (χ2n) is 9.88. The maximum Gasteiger partial charge on any atom is 0.0678 e. The van der Waals surface area contributed by atoms with Crippen molar-refractivity contribution in [2.75, 3.05) is 55.4 Å². The smallest absolute Gasteiger partial charge is 0.0678 e. The van der Waals surface area contributed by atoms with Gasteiger partial charge >= 0.3 is 0 Å². The van der Waals surface area contributed by atoms with Crippen molar-refractivity contribution in [3.8, 4) is 0 Å². The minimum Gasteiger partial charge on any atom is -0.385 e. The number of ether oxygens (including phenoxy) is 5. The third kappa shape index (κ3) is 59.1. The molecule has 0 saturated heterocycles. The Bertz CT molecular complexity index is 307. The third-order valence-electron chi connectivity index (χ3n) is 5.57. The van der Waals surface area contributed by atoms with Crippen LogP contribution in [0.4, 0.5) is 0 Å². The highest BCUT2D eigenvalue weighted by Crippen LogP contribution is 2.41. The number of hydrogen-bond acceptors (Lipinski definition) is 5. The molecular weight excluding hydrogens is 452 g/mol. The van der Waals surface area contributed by atoms with Crippen molar-refractivity contribution in [1.29, 1.82) is 0 Å². The van der Waals surface area contributed by atoms with Crippen LogP contribution < -0.4 is 0 Å². The first-order chi connectivity index (χ1) is 16.4. The summed E-state index contributed by atoms with van der Waals surface area (Å²) in [6, 6.07) is 0. The van der Waals surface area contributed by atoms with Gasteiger partial charge in [-0.15, -0.1) is 0 Å². The standard InChI is InChI=1S/C6H12O.C6H14O.C6H14.C5H12O.C4H10O.C3H8O.CH4/c1-3-6(7-2)4-5-6;1-3-4-5-6-7-2;1-5-6(2,3)4;1-4-5(2)6-3;1-3-4-5-2;1-3-4-2;/h3-5H2,1-2H3;3-6H2,1-2H3;5H2,1-4H3;5H,4H2,1-3H3;3-4H2,1-2H3;3H2,1-2H3;1H4. The van der Waals surface area contributed by atoms with Crippen LogP contribution in [0.5, 0.6) is 0 Å². The summed E-state index contributed by atoms with van der Waals surface area (Å²) < 4.78 is 24.2. The summed E-state index contributed by atoms with van der Waals surface area (Å²) in [6.07, 6.45) is 11.5. The van der Waals surface area contributed by atoms with Crippen LogP contribution in [0.25, 0.3) is 0 Å². The zero-order valence-electron chi connectivity index (χ0n) is 27.1. The first-order valence-corrected chi connectivity index (χ1v) is 14.0. The summed E-state index contributed by atoms with van der Waals surface area (Å²) in [4.78, 5) is 0. The van der Waals surface area contributed by atoms with Crippen molar-refractivity contribution in [2.45, 2.75) is 146 Å². The molecule has 0 aliphatic heterocycles. The Morgan fingerprint density at radius 1 is 0.722 bits per heavy atom. The van der Waals surface area contributed by atoms with Gasteiger partial charge in [0.2, 0.25) is 0 Å². The van der Waals surface area contributed by atoms with E-state index in [1.165, 1.54) is 44.9 Å². The molecule has 5 heteroatoms. The molecule has 0 spiro atoms. The summed E-state index contributed by atoms with van der Waals surface area (Å²) in [5, 5.41) is 0. The van der Waals surface area contributed by atoms with E-state index < -0.39 is 0 Å². The fourth-order valence-electron chi connectivity index (χ4n) is 1.71. The minimum absolute atomic E-state index is 0. The van der Waals surface area contributed by atoms with Crippen LogP contribution >= 0.6 is 0 Å². The van der Waals surface area contributed by atoms with E-state index in [0.29, 0.717) is 17.1 Å². The molecule has 1 aliphatic carbocycles.